The van der Waals surface area contributed by atoms with Crippen LogP contribution < -0.4 is 10.7 Å². The number of carboxylic acids is 1. The van der Waals surface area contributed by atoms with E-state index in [0.717, 1.165) is 23.9 Å². The van der Waals surface area contributed by atoms with Crippen molar-refractivity contribution in [2.75, 3.05) is 7.05 Å². The summed E-state index contributed by atoms with van der Waals surface area (Å²) in [4.78, 5) is 38.2. The molecule has 140 valence electrons. The largest absolute Gasteiger partial charge is 0.543 e. The van der Waals surface area contributed by atoms with Crippen LogP contribution in [-0.4, -0.2) is 39.1 Å². The smallest absolute Gasteiger partial charge is 0.275 e. The maximum atomic E-state index is 12.8. The molecule has 1 saturated carbocycles. The fourth-order valence-corrected chi connectivity index (χ4v) is 3.62. The van der Waals surface area contributed by atoms with Crippen LogP contribution in [0.1, 0.15) is 42.6 Å². The van der Waals surface area contributed by atoms with Crippen LogP contribution in [0.15, 0.2) is 29.1 Å². The third-order valence-electron chi connectivity index (χ3n) is 5.25. The molecular formula is C19H19N4O4-. The molecule has 0 atom stereocenters. The molecule has 0 radical (unpaired) electrons. The average Bonchev–Trinajstić information content (AvgIpc) is 2.69. The normalized spacial score (nSPS) is 15.9. The zero-order valence-electron chi connectivity index (χ0n) is 15.0. The molecule has 1 amide bonds. The highest BCUT2D eigenvalue weighted by Crippen LogP contribution is 2.32. The maximum Gasteiger partial charge on any atom is 0.275 e. The minimum Gasteiger partial charge on any atom is -0.543 e. The molecule has 1 aromatic carbocycles. The summed E-state index contributed by atoms with van der Waals surface area (Å²) in [6, 6.07) is 8.40. The van der Waals surface area contributed by atoms with E-state index in [0.29, 0.717) is 12.8 Å². The molecule has 1 heterocycles. The first-order chi connectivity index (χ1) is 12.9. The highest BCUT2D eigenvalue weighted by molar-refractivity contribution is 6.00. The van der Waals surface area contributed by atoms with Crippen molar-refractivity contribution in [3.05, 3.63) is 40.3 Å². The van der Waals surface area contributed by atoms with E-state index in [2.05, 4.69) is 11.2 Å². The number of carboxylic acid groups (broad SMARTS) is 1. The van der Waals surface area contributed by atoms with Crippen molar-refractivity contribution in [2.45, 2.75) is 44.2 Å². The van der Waals surface area contributed by atoms with E-state index in [-0.39, 0.29) is 10.8 Å². The zero-order chi connectivity index (χ0) is 19.6. The number of aromatic carboxylic acids is 1. The molecule has 8 heteroatoms. The Morgan fingerprint density at radius 1 is 1.26 bits per heavy atom. The number of amides is 1. The summed E-state index contributed by atoms with van der Waals surface area (Å²) in [6.07, 6.45) is 3.89. The van der Waals surface area contributed by atoms with Gasteiger partial charge in [-0.15, -0.1) is 0 Å². The minimum absolute atomic E-state index is 0.148. The summed E-state index contributed by atoms with van der Waals surface area (Å²) in [5.41, 5.74) is -1.85. The molecule has 0 aliphatic heterocycles. The Labute approximate surface area is 155 Å². The third-order valence-corrected chi connectivity index (χ3v) is 5.25. The van der Waals surface area contributed by atoms with E-state index in [1.54, 1.807) is 19.2 Å². The number of carbonyl (C=O) groups is 2. The van der Waals surface area contributed by atoms with Crippen LogP contribution in [0.25, 0.3) is 10.8 Å². The Morgan fingerprint density at radius 3 is 2.48 bits per heavy atom. The summed E-state index contributed by atoms with van der Waals surface area (Å²) in [6.45, 7) is -0.441. The molecule has 8 nitrogen and oxygen atoms in total. The quantitative estimate of drug-likeness (QED) is 0.774. The van der Waals surface area contributed by atoms with Crippen LogP contribution in [0.4, 0.5) is 0 Å². The monoisotopic (exact) mass is 367 g/mol. The zero-order valence-corrected chi connectivity index (χ0v) is 15.0. The number of benzene rings is 1. The SMILES string of the molecule is CN(C(=O)Cn1nc(C(=O)[O-])c2ccccc2c1=O)C1(C#N)CCCCC1. The van der Waals surface area contributed by atoms with Crippen LogP contribution in [0, 0.1) is 11.3 Å². The van der Waals surface area contributed by atoms with Crippen LogP contribution >= 0.6 is 0 Å². The van der Waals surface area contributed by atoms with Gasteiger partial charge in [0.1, 0.15) is 17.8 Å². The lowest BCUT2D eigenvalue weighted by Gasteiger charge is -2.39. The van der Waals surface area contributed by atoms with Crippen molar-refractivity contribution >= 4 is 22.6 Å². The van der Waals surface area contributed by atoms with E-state index in [9.17, 15) is 24.8 Å². The molecule has 0 saturated heterocycles. The number of fused-ring (bicyclic) bond motifs is 1. The molecule has 0 N–H and O–H groups in total. The lowest BCUT2D eigenvalue weighted by Crippen LogP contribution is -2.51. The van der Waals surface area contributed by atoms with E-state index in [4.69, 9.17) is 0 Å². The molecule has 1 aliphatic rings. The Hall–Kier alpha value is -3.21. The molecule has 1 fully saturated rings. The van der Waals surface area contributed by atoms with Gasteiger partial charge in [0.2, 0.25) is 5.91 Å². The second kappa shape index (κ2) is 7.19. The van der Waals surface area contributed by atoms with E-state index >= 15 is 0 Å². The first-order valence-electron chi connectivity index (χ1n) is 8.79. The number of hydrogen-bond donors (Lipinski definition) is 0. The minimum atomic E-state index is -1.53. The molecule has 2 aromatic rings. The lowest BCUT2D eigenvalue weighted by molar-refractivity contribution is -0.255. The third kappa shape index (κ3) is 3.28. The van der Waals surface area contributed by atoms with E-state index < -0.39 is 35.2 Å². The maximum absolute atomic E-state index is 12.8. The first kappa shape index (κ1) is 18.6. The number of hydrogen-bond acceptors (Lipinski definition) is 6. The van der Waals surface area contributed by atoms with Gasteiger partial charge in [-0.25, -0.2) is 4.68 Å². The number of carbonyl (C=O) groups excluding carboxylic acids is 2. The van der Waals surface area contributed by atoms with Gasteiger partial charge in [-0.05, 0) is 18.9 Å². The molecular weight excluding hydrogens is 348 g/mol. The highest BCUT2D eigenvalue weighted by Gasteiger charge is 2.38. The Kier molecular flexibility index (Phi) is 4.95. The molecule has 27 heavy (non-hydrogen) atoms. The van der Waals surface area contributed by atoms with E-state index in [1.165, 1.54) is 17.0 Å². The van der Waals surface area contributed by atoms with Crippen LogP contribution in [0.5, 0.6) is 0 Å². The summed E-state index contributed by atoms with van der Waals surface area (Å²) in [7, 11) is 1.54. The van der Waals surface area contributed by atoms with Crippen molar-refractivity contribution in [1.29, 1.82) is 5.26 Å². The fourth-order valence-electron chi connectivity index (χ4n) is 3.62. The summed E-state index contributed by atoms with van der Waals surface area (Å²) in [5.74, 6) is -1.99. The topological polar surface area (TPSA) is 119 Å². The number of aromatic nitrogens is 2. The van der Waals surface area contributed by atoms with Crippen molar-refractivity contribution in [2.24, 2.45) is 0 Å². The van der Waals surface area contributed by atoms with Gasteiger partial charge in [0.15, 0.2) is 0 Å². The lowest BCUT2D eigenvalue weighted by atomic mass is 9.81. The van der Waals surface area contributed by atoms with Gasteiger partial charge in [-0.2, -0.15) is 10.4 Å². The van der Waals surface area contributed by atoms with Gasteiger partial charge in [-0.1, -0.05) is 37.5 Å². The second-order valence-electron chi connectivity index (χ2n) is 6.80. The summed E-state index contributed by atoms with van der Waals surface area (Å²) in [5, 5.41) is 25.2. The number of nitrogens with zero attached hydrogens (tertiary/aromatic N) is 4. The van der Waals surface area contributed by atoms with Crippen LogP contribution in [0.3, 0.4) is 0 Å². The van der Waals surface area contributed by atoms with Gasteiger partial charge >= 0.3 is 0 Å². The molecule has 0 spiro atoms. The summed E-state index contributed by atoms with van der Waals surface area (Å²) < 4.78 is 0.834. The van der Waals surface area contributed by atoms with Gasteiger partial charge in [-0.3, -0.25) is 9.59 Å². The highest BCUT2D eigenvalue weighted by atomic mass is 16.4. The predicted octanol–water partition coefficient (Wildman–Crippen LogP) is 0.445. The first-order valence-corrected chi connectivity index (χ1v) is 8.79. The van der Waals surface area contributed by atoms with Crippen molar-refractivity contribution in [3.8, 4) is 6.07 Å². The van der Waals surface area contributed by atoms with Crippen molar-refractivity contribution in [3.63, 3.8) is 0 Å². The van der Waals surface area contributed by atoms with Crippen LogP contribution in [-0.2, 0) is 11.3 Å². The fraction of sp³-hybridized carbons (Fsp3) is 0.421. The van der Waals surface area contributed by atoms with Crippen LogP contribution in [0.2, 0.25) is 0 Å². The standard InChI is InChI=1S/C19H20N4O4/c1-22(19(12-20)9-5-2-6-10-19)15(24)11-23-17(25)14-8-4-3-7-13(14)16(21-23)18(26)27/h3-4,7-8H,2,5-6,9-11H2,1H3,(H,26,27)/p-1. The molecule has 3 rings (SSSR count). The Balaban J connectivity index is 1.98. The number of likely N-dealkylation sites (N-methyl/N-ethyl adjacent to an activating group) is 1. The summed E-state index contributed by atoms with van der Waals surface area (Å²) >= 11 is 0. The molecule has 1 aromatic heterocycles. The van der Waals surface area contributed by atoms with Gasteiger partial charge in [0.05, 0.1) is 17.4 Å². The number of nitriles is 1. The predicted molar refractivity (Wildman–Crippen MR) is 94.5 cm³/mol. The van der Waals surface area contributed by atoms with Crippen molar-refractivity contribution < 1.29 is 14.7 Å². The van der Waals surface area contributed by atoms with E-state index in [1.807, 2.05) is 0 Å². The van der Waals surface area contributed by atoms with Crippen molar-refractivity contribution in [1.82, 2.24) is 14.7 Å². The molecule has 0 unspecified atom stereocenters. The van der Waals surface area contributed by atoms with Gasteiger partial charge in [0.25, 0.3) is 5.56 Å². The second-order valence-corrected chi connectivity index (χ2v) is 6.80. The molecule has 1 aliphatic carbocycles. The average molecular weight is 367 g/mol. The van der Waals surface area contributed by atoms with Gasteiger partial charge < -0.3 is 14.8 Å². The van der Waals surface area contributed by atoms with Gasteiger partial charge in [0, 0.05) is 12.4 Å². The number of rotatable bonds is 4. The molecule has 0 bridgehead atoms. The Bertz CT molecular complexity index is 999. The Morgan fingerprint density at radius 2 is 1.89 bits per heavy atom.